The fraction of sp³-hybridized carbons (Fsp3) is 0.545. The highest BCUT2D eigenvalue weighted by Gasteiger charge is 2.30. The molecule has 0 radical (unpaired) electrons. The van der Waals surface area contributed by atoms with Gasteiger partial charge in [-0.15, -0.1) is 0 Å². The Hall–Kier alpha value is -2.54. The Morgan fingerprint density at radius 3 is 2.79 bits per heavy atom. The number of piperidine rings is 1. The number of esters is 1. The van der Waals surface area contributed by atoms with Crippen molar-refractivity contribution in [1.29, 1.82) is 0 Å². The molecule has 0 N–H and O–H groups in total. The lowest BCUT2D eigenvalue weighted by Gasteiger charge is -2.36. The molecule has 2 aliphatic heterocycles. The predicted octanol–water partition coefficient (Wildman–Crippen LogP) is 2.52. The molecule has 0 aromatic carbocycles. The number of rotatable bonds is 5. The Kier molecular flexibility index (Phi) is 6.04. The molecule has 1 saturated heterocycles. The maximum absolute atomic E-state index is 12.1. The van der Waals surface area contributed by atoms with Gasteiger partial charge in [0.15, 0.2) is 0 Å². The highest BCUT2D eigenvalue weighted by Crippen LogP contribution is 2.30. The highest BCUT2D eigenvalue weighted by atomic mass is 16.5. The number of carbonyl (C=O) groups is 1. The van der Waals surface area contributed by atoms with E-state index in [2.05, 4.69) is 20.9 Å². The van der Waals surface area contributed by atoms with Crippen molar-refractivity contribution in [1.82, 2.24) is 19.9 Å². The van der Waals surface area contributed by atoms with Crippen LogP contribution in [0.2, 0.25) is 0 Å². The Labute approximate surface area is 172 Å². The van der Waals surface area contributed by atoms with Gasteiger partial charge in [0.1, 0.15) is 11.6 Å². The summed E-state index contributed by atoms with van der Waals surface area (Å²) in [7, 11) is 0. The SMILES string of the molecule is CCOC(=O)C1CCN(c2nc(C)nc3c2CN(Cc2cccnc2)CC3)CC1. The number of fused-ring (bicyclic) bond motifs is 1. The van der Waals surface area contributed by atoms with Crippen molar-refractivity contribution in [2.24, 2.45) is 5.92 Å². The van der Waals surface area contributed by atoms with Gasteiger partial charge in [-0.1, -0.05) is 6.07 Å². The van der Waals surface area contributed by atoms with Crippen LogP contribution in [0.3, 0.4) is 0 Å². The quantitative estimate of drug-likeness (QED) is 0.721. The number of pyridine rings is 1. The Morgan fingerprint density at radius 1 is 1.24 bits per heavy atom. The van der Waals surface area contributed by atoms with E-state index in [9.17, 15) is 4.79 Å². The summed E-state index contributed by atoms with van der Waals surface area (Å²) in [6, 6.07) is 4.11. The Morgan fingerprint density at radius 2 is 2.07 bits per heavy atom. The molecule has 2 aromatic rings. The zero-order valence-electron chi connectivity index (χ0n) is 17.3. The third kappa shape index (κ3) is 4.56. The minimum atomic E-state index is -0.0595. The second-order valence-electron chi connectivity index (χ2n) is 7.85. The number of carbonyl (C=O) groups excluding carboxylic acids is 1. The lowest BCUT2D eigenvalue weighted by atomic mass is 9.96. The molecule has 0 bridgehead atoms. The summed E-state index contributed by atoms with van der Waals surface area (Å²) in [5.41, 5.74) is 3.63. The topological polar surface area (TPSA) is 71.5 Å². The van der Waals surface area contributed by atoms with Crippen molar-refractivity contribution in [3.63, 3.8) is 0 Å². The van der Waals surface area contributed by atoms with Crippen LogP contribution in [0, 0.1) is 12.8 Å². The molecule has 2 aliphatic rings. The van der Waals surface area contributed by atoms with Crippen LogP contribution in [0.15, 0.2) is 24.5 Å². The standard InChI is InChI=1S/C22H29N5O2/c1-3-29-22(28)18-6-11-27(12-7-18)21-19-15-26(14-17-5-4-9-23-13-17)10-8-20(19)24-16(2)25-21/h4-5,9,13,18H,3,6-8,10-12,14-15H2,1-2H3. The van der Waals surface area contributed by atoms with Crippen molar-refractivity contribution in [3.8, 4) is 0 Å². The molecule has 154 valence electrons. The van der Waals surface area contributed by atoms with E-state index in [0.717, 1.165) is 63.6 Å². The number of nitrogens with zero attached hydrogens (tertiary/aromatic N) is 5. The van der Waals surface area contributed by atoms with Crippen LogP contribution < -0.4 is 4.90 Å². The molecular weight excluding hydrogens is 366 g/mol. The molecule has 4 heterocycles. The molecule has 1 fully saturated rings. The number of ether oxygens (including phenoxy) is 1. The minimum Gasteiger partial charge on any atom is -0.466 e. The van der Waals surface area contributed by atoms with E-state index in [0.29, 0.717) is 6.61 Å². The molecule has 0 atom stereocenters. The van der Waals surface area contributed by atoms with Crippen molar-refractivity contribution >= 4 is 11.8 Å². The van der Waals surface area contributed by atoms with Gasteiger partial charge in [0.2, 0.25) is 0 Å². The van der Waals surface area contributed by atoms with Gasteiger partial charge in [-0.2, -0.15) is 0 Å². The fourth-order valence-electron chi connectivity index (χ4n) is 4.31. The van der Waals surface area contributed by atoms with Gasteiger partial charge in [-0.05, 0) is 38.3 Å². The molecule has 0 amide bonds. The summed E-state index contributed by atoms with van der Waals surface area (Å²) in [4.78, 5) is 30.6. The van der Waals surface area contributed by atoms with E-state index < -0.39 is 0 Å². The lowest BCUT2D eigenvalue weighted by molar-refractivity contribution is -0.148. The zero-order chi connectivity index (χ0) is 20.2. The smallest absolute Gasteiger partial charge is 0.309 e. The number of aryl methyl sites for hydroxylation is 1. The third-order valence-corrected chi connectivity index (χ3v) is 5.77. The van der Waals surface area contributed by atoms with E-state index in [-0.39, 0.29) is 11.9 Å². The number of anilines is 1. The molecule has 29 heavy (non-hydrogen) atoms. The fourth-order valence-corrected chi connectivity index (χ4v) is 4.31. The van der Waals surface area contributed by atoms with Crippen LogP contribution in [0.25, 0.3) is 0 Å². The van der Waals surface area contributed by atoms with Gasteiger partial charge in [0, 0.05) is 57.1 Å². The summed E-state index contributed by atoms with van der Waals surface area (Å²) in [5, 5.41) is 0. The minimum absolute atomic E-state index is 0.00652. The van der Waals surface area contributed by atoms with Gasteiger partial charge in [-0.25, -0.2) is 9.97 Å². The average Bonchev–Trinajstić information content (AvgIpc) is 2.74. The highest BCUT2D eigenvalue weighted by molar-refractivity contribution is 5.73. The van der Waals surface area contributed by atoms with E-state index >= 15 is 0 Å². The normalized spacial score (nSPS) is 17.8. The van der Waals surface area contributed by atoms with Gasteiger partial charge in [-0.3, -0.25) is 14.7 Å². The van der Waals surface area contributed by atoms with Crippen LogP contribution in [0.4, 0.5) is 5.82 Å². The summed E-state index contributed by atoms with van der Waals surface area (Å²) in [6.45, 7) is 8.65. The first-order chi connectivity index (χ1) is 14.1. The summed E-state index contributed by atoms with van der Waals surface area (Å²) < 4.78 is 5.21. The van der Waals surface area contributed by atoms with Gasteiger partial charge in [0.05, 0.1) is 18.2 Å². The van der Waals surface area contributed by atoms with Crippen molar-refractivity contribution < 1.29 is 9.53 Å². The molecule has 2 aromatic heterocycles. The summed E-state index contributed by atoms with van der Waals surface area (Å²) in [6.07, 6.45) is 6.31. The summed E-state index contributed by atoms with van der Waals surface area (Å²) >= 11 is 0. The first-order valence-electron chi connectivity index (χ1n) is 10.5. The van der Waals surface area contributed by atoms with Gasteiger partial charge >= 0.3 is 5.97 Å². The van der Waals surface area contributed by atoms with Crippen molar-refractivity contribution in [2.75, 3.05) is 31.1 Å². The van der Waals surface area contributed by atoms with Crippen LogP contribution in [-0.2, 0) is 29.0 Å². The van der Waals surface area contributed by atoms with E-state index in [1.54, 1.807) is 0 Å². The lowest BCUT2D eigenvalue weighted by Crippen LogP contribution is -2.40. The average molecular weight is 396 g/mol. The molecule has 0 spiro atoms. The van der Waals surface area contributed by atoms with E-state index in [4.69, 9.17) is 14.7 Å². The van der Waals surface area contributed by atoms with Crippen LogP contribution >= 0.6 is 0 Å². The Balaban J connectivity index is 1.49. The van der Waals surface area contributed by atoms with Crippen LogP contribution in [-0.4, -0.2) is 52.1 Å². The van der Waals surface area contributed by atoms with E-state index in [1.165, 1.54) is 16.8 Å². The maximum atomic E-state index is 12.1. The monoisotopic (exact) mass is 395 g/mol. The van der Waals surface area contributed by atoms with Crippen molar-refractivity contribution in [3.05, 3.63) is 47.2 Å². The van der Waals surface area contributed by atoms with Crippen LogP contribution in [0.1, 0.15) is 42.4 Å². The largest absolute Gasteiger partial charge is 0.466 e. The second kappa shape index (κ2) is 8.86. The second-order valence-corrected chi connectivity index (χ2v) is 7.85. The number of aromatic nitrogens is 3. The molecule has 7 heteroatoms. The molecular formula is C22H29N5O2. The Bertz CT molecular complexity index is 850. The summed E-state index contributed by atoms with van der Waals surface area (Å²) in [5.74, 6) is 1.82. The first kappa shape index (κ1) is 19.8. The zero-order valence-corrected chi connectivity index (χ0v) is 17.3. The predicted molar refractivity (Wildman–Crippen MR) is 110 cm³/mol. The van der Waals surface area contributed by atoms with Gasteiger partial charge in [0.25, 0.3) is 0 Å². The molecule has 0 unspecified atom stereocenters. The third-order valence-electron chi connectivity index (χ3n) is 5.77. The number of hydrogen-bond acceptors (Lipinski definition) is 7. The van der Waals surface area contributed by atoms with E-state index in [1.807, 2.05) is 32.3 Å². The molecule has 7 nitrogen and oxygen atoms in total. The molecule has 0 aliphatic carbocycles. The molecule has 0 saturated carbocycles. The maximum Gasteiger partial charge on any atom is 0.309 e. The molecule has 4 rings (SSSR count). The van der Waals surface area contributed by atoms with Crippen molar-refractivity contribution in [2.45, 2.75) is 46.2 Å². The number of hydrogen-bond donors (Lipinski definition) is 0. The van der Waals surface area contributed by atoms with Gasteiger partial charge < -0.3 is 9.64 Å². The first-order valence-corrected chi connectivity index (χ1v) is 10.5. The van der Waals surface area contributed by atoms with Crippen LogP contribution in [0.5, 0.6) is 0 Å².